The molecule has 5 nitrogen and oxygen atoms in total. The van der Waals surface area contributed by atoms with E-state index in [9.17, 15) is 4.79 Å². The lowest BCUT2D eigenvalue weighted by Gasteiger charge is -2.25. The van der Waals surface area contributed by atoms with E-state index in [4.69, 9.17) is 0 Å². The summed E-state index contributed by atoms with van der Waals surface area (Å²) in [4.78, 5) is 17.3. The standard InChI is InChI=1S/C19H26N4O/c1-16-14-18(21(2)20-16)15-23(13-12-22-10-6-7-11-22)19(24)17-8-4-3-5-9-17/h3-5,8-9,14H,6-7,10-13,15H2,1-2H3. The fourth-order valence-corrected chi connectivity index (χ4v) is 3.29. The Morgan fingerprint density at radius 2 is 1.92 bits per heavy atom. The van der Waals surface area contributed by atoms with Gasteiger partial charge in [0.2, 0.25) is 0 Å². The Kier molecular flexibility index (Phi) is 5.30. The van der Waals surface area contributed by atoms with Gasteiger partial charge in [0.1, 0.15) is 0 Å². The maximum Gasteiger partial charge on any atom is 0.254 e. The highest BCUT2D eigenvalue weighted by Gasteiger charge is 2.20. The van der Waals surface area contributed by atoms with Crippen molar-refractivity contribution in [2.24, 2.45) is 7.05 Å². The van der Waals surface area contributed by atoms with Crippen molar-refractivity contribution in [3.8, 4) is 0 Å². The third-order valence-corrected chi connectivity index (χ3v) is 4.64. The van der Waals surface area contributed by atoms with Crippen molar-refractivity contribution in [2.45, 2.75) is 26.3 Å². The van der Waals surface area contributed by atoms with E-state index < -0.39 is 0 Å². The third kappa shape index (κ3) is 4.03. The average Bonchev–Trinajstić information content (AvgIpc) is 3.21. The third-order valence-electron chi connectivity index (χ3n) is 4.64. The van der Waals surface area contributed by atoms with Gasteiger partial charge in [-0.1, -0.05) is 18.2 Å². The van der Waals surface area contributed by atoms with Crippen LogP contribution in [0.25, 0.3) is 0 Å². The lowest BCUT2D eigenvalue weighted by atomic mass is 10.2. The first kappa shape index (κ1) is 16.7. The van der Waals surface area contributed by atoms with Crippen LogP contribution in [0.15, 0.2) is 36.4 Å². The quantitative estimate of drug-likeness (QED) is 0.819. The van der Waals surface area contributed by atoms with Gasteiger partial charge in [-0.2, -0.15) is 5.10 Å². The van der Waals surface area contributed by atoms with Gasteiger partial charge < -0.3 is 9.80 Å². The van der Waals surface area contributed by atoms with Crippen LogP contribution in [-0.2, 0) is 13.6 Å². The van der Waals surface area contributed by atoms with Gasteiger partial charge in [0, 0.05) is 25.7 Å². The van der Waals surface area contributed by atoms with E-state index in [2.05, 4.69) is 16.1 Å². The van der Waals surface area contributed by atoms with Gasteiger partial charge >= 0.3 is 0 Å². The number of benzene rings is 1. The van der Waals surface area contributed by atoms with Gasteiger partial charge in [0.05, 0.1) is 17.9 Å². The maximum absolute atomic E-state index is 12.9. The lowest BCUT2D eigenvalue weighted by Crippen LogP contribution is -2.38. The molecular weight excluding hydrogens is 300 g/mol. The second kappa shape index (κ2) is 7.62. The number of amides is 1. The first-order valence-electron chi connectivity index (χ1n) is 8.69. The van der Waals surface area contributed by atoms with Gasteiger partial charge in [-0.3, -0.25) is 9.48 Å². The summed E-state index contributed by atoms with van der Waals surface area (Å²) in [5.74, 6) is 0.0913. The summed E-state index contributed by atoms with van der Waals surface area (Å²) in [6.45, 7) is 6.57. The number of carbonyl (C=O) groups is 1. The molecule has 0 bridgehead atoms. The van der Waals surface area contributed by atoms with Crippen LogP contribution >= 0.6 is 0 Å². The van der Waals surface area contributed by atoms with Crippen LogP contribution < -0.4 is 0 Å². The molecule has 5 heteroatoms. The van der Waals surface area contributed by atoms with Crippen molar-refractivity contribution in [1.29, 1.82) is 0 Å². The zero-order chi connectivity index (χ0) is 16.9. The normalized spacial score (nSPS) is 14.9. The molecule has 0 radical (unpaired) electrons. The molecule has 1 saturated heterocycles. The molecule has 2 heterocycles. The van der Waals surface area contributed by atoms with Crippen molar-refractivity contribution < 1.29 is 4.79 Å². The Bertz CT molecular complexity index is 674. The summed E-state index contributed by atoms with van der Waals surface area (Å²) in [6, 6.07) is 11.6. The molecule has 24 heavy (non-hydrogen) atoms. The molecular formula is C19H26N4O. The van der Waals surface area contributed by atoms with Gasteiger partial charge in [0.25, 0.3) is 5.91 Å². The minimum atomic E-state index is 0.0913. The number of carbonyl (C=O) groups excluding carboxylic acids is 1. The Hall–Kier alpha value is -2.14. The highest BCUT2D eigenvalue weighted by atomic mass is 16.2. The molecule has 128 valence electrons. The fraction of sp³-hybridized carbons (Fsp3) is 0.474. The summed E-state index contributed by atoms with van der Waals surface area (Å²) in [5.41, 5.74) is 2.80. The summed E-state index contributed by atoms with van der Waals surface area (Å²) in [6.07, 6.45) is 2.54. The van der Waals surface area contributed by atoms with Crippen LogP contribution in [0.3, 0.4) is 0 Å². The van der Waals surface area contributed by atoms with Crippen molar-refractivity contribution in [2.75, 3.05) is 26.2 Å². The first-order valence-corrected chi connectivity index (χ1v) is 8.69. The summed E-state index contributed by atoms with van der Waals surface area (Å²) in [5, 5.41) is 4.40. The minimum Gasteiger partial charge on any atom is -0.331 e. The molecule has 1 aliphatic rings. The Morgan fingerprint density at radius 3 is 2.54 bits per heavy atom. The van der Waals surface area contributed by atoms with E-state index in [-0.39, 0.29) is 5.91 Å². The highest BCUT2D eigenvalue weighted by molar-refractivity contribution is 5.94. The number of hydrogen-bond acceptors (Lipinski definition) is 3. The topological polar surface area (TPSA) is 41.4 Å². The van der Waals surface area contributed by atoms with E-state index >= 15 is 0 Å². The zero-order valence-corrected chi connectivity index (χ0v) is 14.6. The molecule has 0 spiro atoms. The van der Waals surface area contributed by atoms with Gasteiger partial charge in [0.15, 0.2) is 0 Å². The van der Waals surface area contributed by atoms with Crippen LogP contribution in [0, 0.1) is 6.92 Å². The Labute approximate surface area is 143 Å². The fourth-order valence-electron chi connectivity index (χ4n) is 3.29. The van der Waals surface area contributed by atoms with Crippen molar-refractivity contribution in [3.05, 3.63) is 53.3 Å². The molecule has 1 aromatic carbocycles. The smallest absolute Gasteiger partial charge is 0.254 e. The van der Waals surface area contributed by atoms with E-state index in [1.165, 1.54) is 12.8 Å². The first-order chi connectivity index (χ1) is 11.6. The van der Waals surface area contributed by atoms with E-state index in [1.807, 2.05) is 53.9 Å². The second-order valence-corrected chi connectivity index (χ2v) is 6.54. The maximum atomic E-state index is 12.9. The predicted molar refractivity (Wildman–Crippen MR) is 94.8 cm³/mol. The molecule has 1 fully saturated rings. The van der Waals surface area contributed by atoms with E-state index in [1.54, 1.807) is 0 Å². The van der Waals surface area contributed by atoms with Crippen LogP contribution in [0.2, 0.25) is 0 Å². The molecule has 1 amide bonds. The molecule has 1 aliphatic heterocycles. The highest BCUT2D eigenvalue weighted by Crippen LogP contribution is 2.13. The predicted octanol–water partition coefficient (Wildman–Crippen LogP) is 2.47. The number of nitrogens with zero attached hydrogens (tertiary/aromatic N) is 4. The Morgan fingerprint density at radius 1 is 1.21 bits per heavy atom. The number of likely N-dealkylation sites (tertiary alicyclic amines) is 1. The zero-order valence-electron chi connectivity index (χ0n) is 14.6. The molecule has 2 aromatic rings. The monoisotopic (exact) mass is 326 g/mol. The van der Waals surface area contributed by atoms with Crippen LogP contribution in [0.1, 0.15) is 34.6 Å². The van der Waals surface area contributed by atoms with Crippen LogP contribution in [0.4, 0.5) is 0 Å². The minimum absolute atomic E-state index is 0.0913. The molecule has 0 atom stereocenters. The number of aryl methyl sites for hydroxylation is 2. The van der Waals surface area contributed by atoms with Crippen molar-refractivity contribution >= 4 is 5.91 Å². The van der Waals surface area contributed by atoms with Crippen molar-refractivity contribution in [3.63, 3.8) is 0 Å². The molecule has 3 rings (SSSR count). The van der Waals surface area contributed by atoms with Gasteiger partial charge in [-0.25, -0.2) is 0 Å². The largest absolute Gasteiger partial charge is 0.331 e. The number of aromatic nitrogens is 2. The lowest BCUT2D eigenvalue weighted by molar-refractivity contribution is 0.0723. The summed E-state index contributed by atoms with van der Waals surface area (Å²) >= 11 is 0. The molecule has 0 saturated carbocycles. The molecule has 0 N–H and O–H groups in total. The average molecular weight is 326 g/mol. The summed E-state index contributed by atoms with van der Waals surface area (Å²) in [7, 11) is 1.94. The van der Waals surface area contributed by atoms with E-state index in [0.717, 1.165) is 43.1 Å². The SMILES string of the molecule is Cc1cc(CN(CCN2CCCC2)C(=O)c2ccccc2)n(C)n1. The van der Waals surface area contributed by atoms with Gasteiger partial charge in [-0.05, 0) is 51.1 Å². The number of hydrogen-bond donors (Lipinski definition) is 0. The molecule has 0 aliphatic carbocycles. The molecule has 0 unspecified atom stereocenters. The number of rotatable bonds is 6. The van der Waals surface area contributed by atoms with Crippen LogP contribution in [0.5, 0.6) is 0 Å². The summed E-state index contributed by atoms with van der Waals surface area (Å²) < 4.78 is 1.87. The van der Waals surface area contributed by atoms with E-state index in [0.29, 0.717) is 6.54 Å². The van der Waals surface area contributed by atoms with Crippen molar-refractivity contribution in [1.82, 2.24) is 19.6 Å². The molecule has 1 aromatic heterocycles. The second-order valence-electron chi connectivity index (χ2n) is 6.54. The van der Waals surface area contributed by atoms with Crippen LogP contribution in [-0.4, -0.2) is 51.7 Å². The van der Waals surface area contributed by atoms with Gasteiger partial charge in [-0.15, -0.1) is 0 Å². The Balaban J connectivity index is 1.74.